The average Bonchev–Trinajstić information content (AvgIpc) is 3.19. The van der Waals surface area contributed by atoms with Gasteiger partial charge in [-0.3, -0.25) is 19.7 Å². The van der Waals surface area contributed by atoms with Crippen LogP contribution in [0.5, 0.6) is 5.75 Å². The van der Waals surface area contributed by atoms with Crippen molar-refractivity contribution >= 4 is 28.9 Å². The molecule has 0 radical (unpaired) electrons. The number of nitro groups is 1. The van der Waals surface area contributed by atoms with Crippen LogP contribution in [0.25, 0.3) is 0 Å². The van der Waals surface area contributed by atoms with Gasteiger partial charge in [-0.25, -0.2) is 0 Å². The third kappa shape index (κ3) is 4.84. The van der Waals surface area contributed by atoms with E-state index in [4.69, 9.17) is 14.2 Å². The summed E-state index contributed by atoms with van der Waals surface area (Å²) in [6, 6.07) is 5.86. The van der Waals surface area contributed by atoms with Gasteiger partial charge in [0.15, 0.2) is 6.79 Å². The van der Waals surface area contributed by atoms with Crippen molar-refractivity contribution < 1.29 is 28.7 Å². The predicted molar refractivity (Wildman–Crippen MR) is 98.7 cm³/mol. The maximum Gasteiger partial charge on any atom is 0.308 e. The zero-order chi connectivity index (χ0) is 20.1. The van der Waals surface area contributed by atoms with Crippen LogP contribution in [-0.2, 0) is 32.3 Å². The average molecular weight is 406 g/mol. The summed E-state index contributed by atoms with van der Waals surface area (Å²) in [5, 5.41) is 15.7. The van der Waals surface area contributed by atoms with E-state index in [-0.39, 0.29) is 38.0 Å². The minimum Gasteiger partial charge on any atom is -0.467 e. The van der Waals surface area contributed by atoms with E-state index >= 15 is 0 Å². The summed E-state index contributed by atoms with van der Waals surface area (Å²) in [6.07, 6.45) is -0.0544. The molecule has 1 atom stereocenters. The van der Waals surface area contributed by atoms with E-state index in [1.807, 2.05) is 17.5 Å². The fourth-order valence-corrected chi connectivity index (χ4v) is 3.61. The van der Waals surface area contributed by atoms with Gasteiger partial charge in [0, 0.05) is 35.1 Å². The summed E-state index contributed by atoms with van der Waals surface area (Å²) in [5.41, 5.74) is 0.794. The second kappa shape index (κ2) is 8.81. The van der Waals surface area contributed by atoms with E-state index in [9.17, 15) is 19.7 Å². The lowest BCUT2D eigenvalue weighted by Crippen LogP contribution is -2.28. The molecule has 28 heavy (non-hydrogen) atoms. The number of benzene rings is 1. The molecule has 1 aliphatic rings. The first kappa shape index (κ1) is 19.8. The number of carbonyl (C=O) groups excluding carboxylic acids is 2. The topological polar surface area (TPSA) is 117 Å². The van der Waals surface area contributed by atoms with Crippen LogP contribution < -0.4 is 10.1 Å². The fourth-order valence-electron chi connectivity index (χ4n) is 2.83. The van der Waals surface area contributed by atoms with Gasteiger partial charge in [-0.1, -0.05) is 6.07 Å². The van der Waals surface area contributed by atoms with Crippen molar-refractivity contribution in [1.82, 2.24) is 5.32 Å². The number of nitrogens with one attached hydrogen (secondary N) is 1. The van der Waals surface area contributed by atoms with Gasteiger partial charge in [0.25, 0.3) is 5.69 Å². The Morgan fingerprint density at radius 3 is 2.93 bits per heavy atom. The van der Waals surface area contributed by atoms with Crippen LogP contribution in [0.3, 0.4) is 0 Å². The first-order chi connectivity index (χ1) is 13.4. The van der Waals surface area contributed by atoms with E-state index in [0.29, 0.717) is 16.9 Å². The van der Waals surface area contributed by atoms with E-state index in [2.05, 4.69) is 5.32 Å². The molecule has 0 saturated heterocycles. The molecule has 0 aliphatic carbocycles. The number of hydrogen-bond donors (Lipinski definition) is 1. The lowest BCUT2D eigenvalue weighted by Gasteiger charge is -2.21. The quantitative estimate of drug-likeness (QED) is 0.427. The lowest BCUT2D eigenvalue weighted by molar-refractivity contribution is -0.385. The van der Waals surface area contributed by atoms with Crippen LogP contribution in [0.1, 0.15) is 35.4 Å². The van der Waals surface area contributed by atoms with Crippen molar-refractivity contribution in [1.29, 1.82) is 0 Å². The molecule has 1 unspecified atom stereocenters. The molecule has 3 rings (SSSR count). The van der Waals surface area contributed by atoms with Gasteiger partial charge in [-0.2, -0.15) is 0 Å². The summed E-state index contributed by atoms with van der Waals surface area (Å²) >= 11 is 1.42. The molecule has 1 N–H and O–H groups in total. The van der Waals surface area contributed by atoms with Crippen molar-refractivity contribution in [3.8, 4) is 5.75 Å². The van der Waals surface area contributed by atoms with Gasteiger partial charge in [0.05, 0.1) is 24.0 Å². The van der Waals surface area contributed by atoms with Crippen LogP contribution >= 0.6 is 11.3 Å². The van der Waals surface area contributed by atoms with Gasteiger partial charge in [0.1, 0.15) is 12.4 Å². The Kier molecular flexibility index (Phi) is 6.22. The molecule has 9 nitrogen and oxygen atoms in total. The summed E-state index contributed by atoms with van der Waals surface area (Å²) < 4.78 is 15.9. The third-order valence-corrected chi connectivity index (χ3v) is 4.99. The summed E-state index contributed by atoms with van der Waals surface area (Å²) in [6.45, 7) is 1.40. The summed E-state index contributed by atoms with van der Waals surface area (Å²) in [4.78, 5) is 35.2. The summed E-state index contributed by atoms with van der Waals surface area (Å²) in [7, 11) is 0. The smallest absolute Gasteiger partial charge is 0.308 e. The number of hydrogen-bond acceptors (Lipinski definition) is 8. The SMILES string of the molecule is CC(=O)NC(CC(=O)OCc1cc([N+](=O)[O-])cc2c1OCOC2)c1cccs1. The number of ether oxygens (including phenoxy) is 3. The molecule has 10 heteroatoms. The van der Waals surface area contributed by atoms with Crippen molar-refractivity contribution in [2.24, 2.45) is 0 Å². The minimum absolute atomic E-state index is 0.0226. The molecule has 1 aliphatic heterocycles. The first-order valence-electron chi connectivity index (χ1n) is 8.41. The largest absolute Gasteiger partial charge is 0.467 e. The van der Waals surface area contributed by atoms with Crippen LogP contribution in [0, 0.1) is 10.1 Å². The van der Waals surface area contributed by atoms with Crippen LogP contribution in [-0.4, -0.2) is 23.6 Å². The monoisotopic (exact) mass is 406 g/mol. The van der Waals surface area contributed by atoms with Gasteiger partial charge in [-0.05, 0) is 11.4 Å². The highest BCUT2D eigenvalue weighted by Gasteiger charge is 2.23. The Morgan fingerprint density at radius 1 is 1.43 bits per heavy atom. The first-order valence-corrected chi connectivity index (χ1v) is 9.29. The molecule has 1 aromatic heterocycles. The molecular formula is C18H18N2O7S. The number of rotatable bonds is 7. The van der Waals surface area contributed by atoms with E-state index in [1.54, 1.807) is 0 Å². The predicted octanol–water partition coefficient (Wildman–Crippen LogP) is 2.83. The lowest BCUT2D eigenvalue weighted by atomic mass is 10.1. The van der Waals surface area contributed by atoms with E-state index in [0.717, 1.165) is 4.88 Å². The van der Waals surface area contributed by atoms with Crippen molar-refractivity contribution in [2.45, 2.75) is 32.6 Å². The van der Waals surface area contributed by atoms with Crippen molar-refractivity contribution in [2.75, 3.05) is 6.79 Å². The van der Waals surface area contributed by atoms with Gasteiger partial charge in [-0.15, -0.1) is 11.3 Å². The van der Waals surface area contributed by atoms with Crippen LogP contribution in [0.15, 0.2) is 29.6 Å². The maximum atomic E-state index is 12.3. The Balaban J connectivity index is 1.70. The number of nitrogens with zero attached hydrogens (tertiary/aromatic N) is 1. The number of amides is 1. The molecule has 0 fully saturated rings. The Labute approximate surface area is 164 Å². The summed E-state index contributed by atoms with van der Waals surface area (Å²) in [5.74, 6) is -0.367. The van der Waals surface area contributed by atoms with E-state index in [1.165, 1.54) is 30.4 Å². The fraction of sp³-hybridized carbons (Fsp3) is 0.333. The van der Waals surface area contributed by atoms with Crippen molar-refractivity contribution in [3.05, 3.63) is 55.8 Å². The third-order valence-electron chi connectivity index (χ3n) is 4.01. The highest BCUT2D eigenvalue weighted by Crippen LogP contribution is 2.33. The molecule has 0 bridgehead atoms. The molecule has 0 spiro atoms. The normalized spacial score (nSPS) is 13.8. The Bertz CT molecular complexity index is 882. The molecule has 148 valence electrons. The van der Waals surface area contributed by atoms with Gasteiger partial charge < -0.3 is 19.5 Å². The molecule has 0 saturated carbocycles. The van der Waals surface area contributed by atoms with Gasteiger partial charge >= 0.3 is 5.97 Å². The number of esters is 1. The number of carbonyl (C=O) groups is 2. The molecule has 1 amide bonds. The van der Waals surface area contributed by atoms with Crippen LogP contribution in [0.2, 0.25) is 0 Å². The standard InChI is InChI=1S/C18H18N2O7S/c1-11(21)19-15(16-3-2-4-28-16)7-17(22)26-9-13-6-14(20(23)24)5-12-8-25-10-27-18(12)13/h2-6,15H,7-10H2,1H3,(H,19,21). The second-order valence-electron chi connectivity index (χ2n) is 6.09. The number of non-ortho nitro benzene ring substituents is 1. The molecule has 2 heterocycles. The number of nitro benzene ring substituents is 1. The highest BCUT2D eigenvalue weighted by atomic mass is 32.1. The number of thiophene rings is 1. The molecule has 2 aromatic rings. The van der Waals surface area contributed by atoms with Gasteiger partial charge in [0.2, 0.25) is 5.91 Å². The van der Waals surface area contributed by atoms with E-state index < -0.39 is 16.9 Å². The molecular weight excluding hydrogens is 388 g/mol. The molecule has 1 aromatic carbocycles. The second-order valence-corrected chi connectivity index (χ2v) is 7.07. The van der Waals surface area contributed by atoms with Crippen molar-refractivity contribution in [3.63, 3.8) is 0 Å². The van der Waals surface area contributed by atoms with Crippen LogP contribution in [0.4, 0.5) is 5.69 Å². The zero-order valence-corrected chi connectivity index (χ0v) is 15.8. The Morgan fingerprint density at radius 2 is 2.25 bits per heavy atom. The highest BCUT2D eigenvalue weighted by molar-refractivity contribution is 7.10. The number of fused-ring (bicyclic) bond motifs is 1. The zero-order valence-electron chi connectivity index (χ0n) is 15.0. The minimum atomic E-state index is -0.542. The maximum absolute atomic E-state index is 12.3. The Hall–Kier alpha value is -2.98.